The molecule has 2 unspecified atom stereocenters. The Balaban J connectivity index is 2.25. The minimum atomic E-state index is 0.454. The van der Waals surface area contributed by atoms with E-state index in [1.807, 2.05) is 0 Å². The smallest absolute Gasteiger partial charge is 0.0644 e. The lowest BCUT2D eigenvalue weighted by molar-refractivity contribution is 0.120. The van der Waals surface area contributed by atoms with Gasteiger partial charge >= 0.3 is 0 Å². The highest BCUT2D eigenvalue weighted by Gasteiger charge is 2.28. The van der Waals surface area contributed by atoms with Crippen LogP contribution in [0.5, 0.6) is 0 Å². The largest absolute Gasteiger partial charge is 0.315 e. The van der Waals surface area contributed by atoms with E-state index < -0.39 is 0 Å². The lowest BCUT2D eigenvalue weighted by Crippen LogP contribution is -2.47. The van der Waals surface area contributed by atoms with E-state index >= 15 is 0 Å². The Labute approximate surface area is 129 Å². The van der Waals surface area contributed by atoms with Crippen LogP contribution in [0.15, 0.2) is 0 Å². The van der Waals surface area contributed by atoms with E-state index in [0.29, 0.717) is 12.1 Å². The van der Waals surface area contributed by atoms with Crippen LogP contribution < -0.4 is 5.32 Å². The summed E-state index contributed by atoms with van der Waals surface area (Å²) in [5.74, 6) is 0. The third kappa shape index (κ3) is 3.49. The van der Waals surface area contributed by atoms with E-state index in [1.165, 1.54) is 49.3 Å². The number of hydrogen-bond acceptors (Lipinski definition) is 3. The second-order valence-corrected chi connectivity index (χ2v) is 6.31. The van der Waals surface area contributed by atoms with Gasteiger partial charge in [0.25, 0.3) is 0 Å². The van der Waals surface area contributed by atoms with Gasteiger partial charge < -0.3 is 5.32 Å². The Bertz CT molecular complexity index is 446. The minimum absolute atomic E-state index is 0.454. The van der Waals surface area contributed by atoms with Crippen LogP contribution in [0.3, 0.4) is 0 Å². The van der Waals surface area contributed by atoms with Gasteiger partial charge in [0.2, 0.25) is 0 Å². The summed E-state index contributed by atoms with van der Waals surface area (Å²) < 4.78 is 2.14. The van der Waals surface area contributed by atoms with E-state index in [-0.39, 0.29) is 0 Å². The molecule has 1 aliphatic heterocycles. The lowest BCUT2D eigenvalue weighted by Gasteiger charge is -2.39. The molecule has 2 atom stereocenters. The molecule has 0 aliphatic carbocycles. The standard InChI is InChI=1S/C17H32N4/c1-6-11-20(16-9-8-10-18-12-16)14(4)17-13(3)19-21(7-2)15(17)5/h14,16,18H,6-12H2,1-5H3. The van der Waals surface area contributed by atoms with Crippen molar-refractivity contribution in [3.63, 3.8) is 0 Å². The zero-order chi connectivity index (χ0) is 15.4. The Morgan fingerprint density at radius 3 is 2.67 bits per heavy atom. The van der Waals surface area contributed by atoms with Crippen molar-refractivity contribution < 1.29 is 0 Å². The molecule has 0 saturated carbocycles. The molecule has 0 bridgehead atoms. The third-order valence-corrected chi connectivity index (χ3v) is 4.87. The first kappa shape index (κ1) is 16.5. The molecule has 0 amide bonds. The molecular formula is C17H32N4. The Kier molecular flexibility index (Phi) is 5.82. The molecule has 4 heteroatoms. The van der Waals surface area contributed by atoms with Crippen LogP contribution in [0.25, 0.3) is 0 Å². The second kappa shape index (κ2) is 7.41. The number of aryl methyl sites for hydroxylation is 2. The van der Waals surface area contributed by atoms with E-state index in [0.717, 1.165) is 13.1 Å². The van der Waals surface area contributed by atoms with Crippen molar-refractivity contribution in [2.75, 3.05) is 19.6 Å². The number of piperidine rings is 1. The summed E-state index contributed by atoms with van der Waals surface area (Å²) in [5, 5.41) is 8.27. The molecule has 1 aromatic rings. The zero-order valence-electron chi connectivity index (χ0n) is 14.4. The number of aromatic nitrogens is 2. The van der Waals surface area contributed by atoms with E-state index in [2.05, 4.69) is 49.5 Å². The van der Waals surface area contributed by atoms with Crippen molar-refractivity contribution in [3.8, 4) is 0 Å². The average molecular weight is 292 g/mol. The van der Waals surface area contributed by atoms with Gasteiger partial charge in [-0.05, 0) is 60.0 Å². The molecule has 4 nitrogen and oxygen atoms in total. The normalized spacial score (nSPS) is 21.0. The maximum absolute atomic E-state index is 4.71. The first-order valence-corrected chi connectivity index (χ1v) is 8.60. The van der Waals surface area contributed by atoms with Gasteiger partial charge in [0.1, 0.15) is 0 Å². The molecule has 0 aromatic carbocycles. The summed E-state index contributed by atoms with van der Waals surface area (Å²) in [6.07, 6.45) is 3.82. The molecule has 21 heavy (non-hydrogen) atoms. The molecule has 0 radical (unpaired) electrons. The van der Waals surface area contributed by atoms with Crippen LogP contribution in [0.4, 0.5) is 0 Å². The molecule has 1 saturated heterocycles. The highest BCUT2D eigenvalue weighted by molar-refractivity contribution is 5.28. The maximum Gasteiger partial charge on any atom is 0.0644 e. The Morgan fingerprint density at radius 1 is 1.38 bits per heavy atom. The maximum atomic E-state index is 4.71. The van der Waals surface area contributed by atoms with Crippen molar-refractivity contribution in [3.05, 3.63) is 17.0 Å². The average Bonchev–Trinajstić information content (AvgIpc) is 2.79. The Morgan fingerprint density at radius 2 is 2.14 bits per heavy atom. The highest BCUT2D eigenvalue weighted by Crippen LogP contribution is 2.29. The van der Waals surface area contributed by atoms with Gasteiger partial charge in [-0.1, -0.05) is 6.92 Å². The van der Waals surface area contributed by atoms with E-state index in [1.54, 1.807) is 0 Å². The summed E-state index contributed by atoms with van der Waals surface area (Å²) >= 11 is 0. The van der Waals surface area contributed by atoms with Crippen LogP contribution in [0.1, 0.15) is 63.0 Å². The summed E-state index contributed by atoms with van der Waals surface area (Å²) in [5.41, 5.74) is 3.98. The van der Waals surface area contributed by atoms with Crippen molar-refractivity contribution in [2.24, 2.45) is 0 Å². The zero-order valence-corrected chi connectivity index (χ0v) is 14.4. The van der Waals surface area contributed by atoms with Gasteiger partial charge in [0.05, 0.1) is 5.69 Å². The molecule has 0 spiro atoms. The predicted molar refractivity (Wildman–Crippen MR) is 88.7 cm³/mol. The third-order valence-electron chi connectivity index (χ3n) is 4.87. The van der Waals surface area contributed by atoms with Crippen LogP contribution in [-0.2, 0) is 6.54 Å². The number of nitrogens with one attached hydrogen (secondary N) is 1. The number of rotatable bonds is 6. The van der Waals surface area contributed by atoms with Crippen molar-refractivity contribution in [2.45, 2.75) is 72.5 Å². The van der Waals surface area contributed by atoms with Gasteiger partial charge in [-0.25, -0.2) is 0 Å². The van der Waals surface area contributed by atoms with Crippen molar-refractivity contribution >= 4 is 0 Å². The topological polar surface area (TPSA) is 33.1 Å². The summed E-state index contributed by atoms with van der Waals surface area (Å²) in [6, 6.07) is 1.12. The van der Waals surface area contributed by atoms with Gasteiger partial charge in [-0.3, -0.25) is 9.58 Å². The summed E-state index contributed by atoms with van der Waals surface area (Å²) in [4.78, 5) is 2.70. The second-order valence-electron chi connectivity index (χ2n) is 6.31. The van der Waals surface area contributed by atoms with Gasteiger partial charge in [-0.15, -0.1) is 0 Å². The fourth-order valence-corrected chi connectivity index (χ4v) is 3.86. The molecular weight excluding hydrogens is 260 g/mol. The Hall–Kier alpha value is -0.870. The van der Waals surface area contributed by atoms with Crippen LogP contribution in [0.2, 0.25) is 0 Å². The van der Waals surface area contributed by atoms with E-state index in [4.69, 9.17) is 5.10 Å². The van der Waals surface area contributed by atoms with Crippen LogP contribution in [-0.4, -0.2) is 40.4 Å². The number of nitrogens with zero attached hydrogens (tertiary/aromatic N) is 3. The highest BCUT2D eigenvalue weighted by atomic mass is 15.3. The molecule has 2 rings (SSSR count). The van der Waals surface area contributed by atoms with Crippen molar-refractivity contribution in [1.82, 2.24) is 20.0 Å². The van der Waals surface area contributed by atoms with Gasteiger partial charge in [0.15, 0.2) is 0 Å². The first-order valence-electron chi connectivity index (χ1n) is 8.60. The van der Waals surface area contributed by atoms with Crippen molar-refractivity contribution in [1.29, 1.82) is 0 Å². The van der Waals surface area contributed by atoms with E-state index in [9.17, 15) is 0 Å². The molecule has 120 valence electrons. The molecule has 2 heterocycles. The predicted octanol–water partition coefficient (Wildman–Crippen LogP) is 3.04. The molecule has 1 N–H and O–H groups in total. The molecule has 1 aromatic heterocycles. The fourth-order valence-electron chi connectivity index (χ4n) is 3.86. The molecule has 1 aliphatic rings. The SMILES string of the molecule is CCCN(C1CCCNC1)C(C)c1c(C)nn(CC)c1C. The van der Waals surface area contributed by atoms with Gasteiger partial charge in [-0.2, -0.15) is 5.10 Å². The van der Waals surface area contributed by atoms with Crippen LogP contribution >= 0.6 is 0 Å². The quantitative estimate of drug-likeness (QED) is 0.875. The summed E-state index contributed by atoms with van der Waals surface area (Å²) in [6.45, 7) is 15.6. The van der Waals surface area contributed by atoms with Crippen LogP contribution in [0, 0.1) is 13.8 Å². The minimum Gasteiger partial charge on any atom is -0.315 e. The monoisotopic (exact) mass is 292 g/mol. The first-order chi connectivity index (χ1) is 10.1. The van der Waals surface area contributed by atoms with Gasteiger partial charge in [0, 0.05) is 36.4 Å². The fraction of sp³-hybridized carbons (Fsp3) is 0.824. The summed E-state index contributed by atoms with van der Waals surface area (Å²) in [7, 11) is 0. The lowest BCUT2D eigenvalue weighted by atomic mass is 9.98. The number of hydrogen-bond donors (Lipinski definition) is 1. The molecule has 1 fully saturated rings.